The second-order valence-corrected chi connectivity index (χ2v) is 8.03. The Morgan fingerprint density at radius 3 is 2.67 bits per heavy atom. The molecule has 138 valence electrons. The van der Waals surface area contributed by atoms with E-state index in [1.165, 1.54) is 11.8 Å². The molecule has 6 nitrogen and oxygen atoms in total. The van der Waals surface area contributed by atoms with E-state index >= 15 is 0 Å². The van der Waals surface area contributed by atoms with E-state index < -0.39 is 0 Å². The molecule has 0 aliphatic carbocycles. The predicted molar refractivity (Wildman–Crippen MR) is 108 cm³/mol. The molecule has 0 fully saturated rings. The first kappa shape index (κ1) is 19.3. The number of nitrogens with zero attached hydrogens (tertiary/aromatic N) is 2. The van der Waals surface area contributed by atoms with Gasteiger partial charge in [-0.3, -0.25) is 9.59 Å². The molecule has 0 bridgehead atoms. The second kappa shape index (κ2) is 9.50. The van der Waals surface area contributed by atoms with E-state index in [4.69, 9.17) is 11.6 Å². The molecule has 1 heterocycles. The van der Waals surface area contributed by atoms with Crippen molar-refractivity contribution in [2.45, 2.75) is 10.9 Å². The maximum absolute atomic E-state index is 12.2. The third kappa shape index (κ3) is 6.06. The fourth-order valence-corrected chi connectivity index (χ4v) is 3.85. The summed E-state index contributed by atoms with van der Waals surface area (Å²) in [6.45, 7) is 0.476. The Labute approximate surface area is 169 Å². The van der Waals surface area contributed by atoms with Gasteiger partial charge in [0.1, 0.15) is 0 Å². The van der Waals surface area contributed by atoms with Crippen LogP contribution < -0.4 is 10.6 Å². The van der Waals surface area contributed by atoms with Gasteiger partial charge >= 0.3 is 0 Å². The van der Waals surface area contributed by atoms with Crippen LogP contribution in [0.2, 0.25) is 5.02 Å². The summed E-state index contributed by atoms with van der Waals surface area (Å²) in [6, 6.07) is 16.5. The van der Waals surface area contributed by atoms with Crippen molar-refractivity contribution in [3.05, 3.63) is 70.2 Å². The highest BCUT2D eigenvalue weighted by Gasteiger charge is 2.14. The van der Waals surface area contributed by atoms with E-state index in [1.54, 1.807) is 24.3 Å². The molecular weight excluding hydrogens is 404 g/mol. The lowest BCUT2D eigenvalue weighted by Gasteiger charge is -2.04. The summed E-state index contributed by atoms with van der Waals surface area (Å²) in [5, 5.41) is 14.1. The second-order valence-electron chi connectivity index (χ2n) is 5.39. The molecule has 2 amide bonds. The zero-order valence-corrected chi connectivity index (χ0v) is 16.4. The molecule has 3 rings (SSSR count). The lowest BCUT2D eigenvalue weighted by Crippen LogP contribution is -2.24. The van der Waals surface area contributed by atoms with E-state index in [0.717, 1.165) is 16.9 Å². The largest absolute Gasteiger partial charge is 0.351 e. The smallest absolute Gasteiger partial charge is 0.286 e. The summed E-state index contributed by atoms with van der Waals surface area (Å²) < 4.78 is 0.557. The number of halogens is 1. The fraction of sp³-hybridized carbons (Fsp3) is 0.111. The average molecular weight is 419 g/mol. The van der Waals surface area contributed by atoms with Gasteiger partial charge in [0.15, 0.2) is 4.34 Å². The van der Waals surface area contributed by atoms with Crippen molar-refractivity contribution in [2.75, 3.05) is 11.1 Å². The van der Waals surface area contributed by atoms with Crippen LogP contribution in [0, 0.1) is 0 Å². The highest BCUT2D eigenvalue weighted by molar-refractivity contribution is 8.01. The van der Waals surface area contributed by atoms with E-state index in [2.05, 4.69) is 20.8 Å². The lowest BCUT2D eigenvalue weighted by atomic mass is 10.2. The van der Waals surface area contributed by atoms with Gasteiger partial charge < -0.3 is 10.6 Å². The molecule has 0 spiro atoms. The monoisotopic (exact) mass is 418 g/mol. The molecule has 27 heavy (non-hydrogen) atoms. The van der Waals surface area contributed by atoms with Crippen LogP contribution in [0.25, 0.3) is 0 Å². The number of anilines is 1. The van der Waals surface area contributed by atoms with Crippen molar-refractivity contribution in [3.8, 4) is 0 Å². The molecule has 3 aromatic rings. The summed E-state index contributed by atoms with van der Waals surface area (Å²) in [5.41, 5.74) is 1.61. The molecule has 2 aromatic carbocycles. The molecule has 0 atom stereocenters. The molecule has 2 N–H and O–H groups in total. The normalized spacial score (nSPS) is 10.4. The Balaban J connectivity index is 1.47. The van der Waals surface area contributed by atoms with E-state index in [0.29, 0.717) is 21.6 Å². The van der Waals surface area contributed by atoms with Gasteiger partial charge in [-0.1, -0.05) is 71.1 Å². The first-order chi connectivity index (χ1) is 13.1. The molecule has 0 unspecified atom stereocenters. The number of rotatable bonds is 7. The number of amides is 2. The molecule has 0 saturated carbocycles. The van der Waals surface area contributed by atoms with Crippen molar-refractivity contribution in [1.29, 1.82) is 0 Å². The van der Waals surface area contributed by atoms with Crippen LogP contribution in [-0.4, -0.2) is 27.8 Å². The van der Waals surface area contributed by atoms with Gasteiger partial charge in [-0.25, -0.2) is 0 Å². The minimum atomic E-state index is -0.366. The minimum Gasteiger partial charge on any atom is -0.351 e. The summed E-state index contributed by atoms with van der Waals surface area (Å²) >= 11 is 8.28. The Hall–Kier alpha value is -2.42. The third-order valence-electron chi connectivity index (χ3n) is 3.34. The van der Waals surface area contributed by atoms with E-state index in [-0.39, 0.29) is 22.6 Å². The van der Waals surface area contributed by atoms with Crippen molar-refractivity contribution in [3.63, 3.8) is 0 Å². The average Bonchev–Trinajstić information content (AvgIpc) is 3.15. The standard InChI is InChI=1S/C18H15ClN4O2S2/c19-13-7-4-8-14(9-13)21-16(25)17-22-23-18(27-17)26-11-15(24)20-10-12-5-2-1-3-6-12/h1-9H,10-11H2,(H,20,24)(H,21,25). The molecule has 0 aliphatic rings. The van der Waals surface area contributed by atoms with Gasteiger partial charge in [0, 0.05) is 17.3 Å². The number of hydrogen-bond donors (Lipinski definition) is 2. The summed E-state index contributed by atoms with van der Waals surface area (Å²) in [4.78, 5) is 24.1. The Morgan fingerprint density at radius 1 is 1.07 bits per heavy atom. The number of hydrogen-bond acceptors (Lipinski definition) is 6. The number of nitrogens with one attached hydrogen (secondary N) is 2. The molecular formula is C18H15ClN4O2S2. The van der Waals surface area contributed by atoms with Gasteiger partial charge in [-0.15, -0.1) is 10.2 Å². The quantitative estimate of drug-likeness (QED) is 0.569. The Kier molecular flexibility index (Phi) is 6.80. The van der Waals surface area contributed by atoms with Crippen molar-refractivity contribution in [1.82, 2.24) is 15.5 Å². The summed E-state index contributed by atoms with van der Waals surface area (Å²) in [7, 11) is 0. The van der Waals surface area contributed by atoms with Gasteiger partial charge in [0.2, 0.25) is 10.9 Å². The van der Waals surface area contributed by atoms with Crippen LogP contribution >= 0.6 is 34.7 Å². The van der Waals surface area contributed by atoms with Crippen LogP contribution in [0.15, 0.2) is 58.9 Å². The highest BCUT2D eigenvalue weighted by atomic mass is 35.5. The van der Waals surface area contributed by atoms with Crippen LogP contribution in [0.4, 0.5) is 5.69 Å². The topological polar surface area (TPSA) is 84.0 Å². The summed E-state index contributed by atoms with van der Waals surface area (Å²) in [6.07, 6.45) is 0. The van der Waals surface area contributed by atoms with Crippen molar-refractivity contribution < 1.29 is 9.59 Å². The predicted octanol–water partition coefficient (Wildman–Crippen LogP) is 3.85. The maximum atomic E-state index is 12.2. The zero-order valence-electron chi connectivity index (χ0n) is 14.0. The van der Waals surface area contributed by atoms with Gasteiger partial charge in [0.25, 0.3) is 5.91 Å². The first-order valence-electron chi connectivity index (χ1n) is 7.94. The van der Waals surface area contributed by atoms with Crippen LogP contribution in [0.1, 0.15) is 15.4 Å². The molecule has 9 heteroatoms. The molecule has 0 radical (unpaired) electrons. The fourth-order valence-electron chi connectivity index (χ4n) is 2.09. The highest BCUT2D eigenvalue weighted by Crippen LogP contribution is 2.23. The molecule has 0 aliphatic heterocycles. The van der Waals surface area contributed by atoms with Crippen molar-refractivity contribution >= 4 is 52.2 Å². The number of carbonyl (C=O) groups excluding carboxylic acids is 2. The maximum Gasteiger partial charge on any atom is 0.286 e. The van der Waals surface area contributed by atoms with Gasteiger partial charge in [-0.2, -0.15) is 0 Å². The number of carbonyl (C=O) groups is 2. The van der Waals surface area contributed by atoms with Crippen LogP contribution in [0.5, 0.6) is 0 Å². The van der Waals surface area contributed by atoms with Crippen LogP contribution in [0.3, 0.4) is 0 Å². The first-order valence-corrected chi connectivity index (χ1v) is 10.1. The molecule has 0 saturated heterocycles. The van der Waals surface area contributed by atoms with Gasteiger partial charge in [0.05, 0.1) is 5.75 Å². The minimum absolute atomic E-state index is 0.107. The number of benzene rings is 2. The van der Waals surface area contributed by atoms with E-state index in [1.807, 2.05) is 30.3 Å². The van der Waals surface area contributed by atoms with Crippen LogP contribution in [-0.2, 0) is 11.3 Å². The lowest BCUT2D eigenvalue weighted by molar-refractivity contribution is -0.118. The Bertz CT molecular complexity index is 934. The van der Waals surface area contributed by atoms with E-state index in [9.17, 15) is 9.59 Å². The number of aromatic nitrogens is 2. The third-order valence-corrected chi connectivity index (χ3v) is 5.63. The molecule has 1 aromatic heterocycles. The van der Waals surface area contributed by atoms with Gasteiger partial charge in [-0.05, 0) is 23.8 Å². The number of thioether (sulfide) groups is 1. The summed E-state index contributed by atoms with van der Waals surface area (Å²) in [5.74, 6) is -0.267. The SMILES string of the molecule is O=C(CSc1nnc(C(=O)Nc2cccc(Cl)c2)s1)NCc1ccccc1. The Morgan fingerprint density at radius 2 is 1.89 bits per heavy atom. The van der Waals surface area contributed by atoms with Crippen molar-refractivity contribution in [2.24, 2.45) is 0 Å². The zero-order chi connectivity index (χ0) is 19.1.